The monoisotopic (exact) mass is 588 g/mol. The number of hydrogen-bond donors (Lipinski definition) is 4. The van der Waals surface area contributed by atoms with Gasteiger partial charge < -0.3 is 30.6 Å². The molecule has 4 N–H and O–H groups in total. The zero-order chi connectivity index (χ0) is 27.7. The van der Waals surface area contributed by atoms with Crippen LogP contribution in [0.25, 0.3) is 0 Å². The number of alkyl carbamates (subject to hydrolysis) is 1. The Morgan fingerprint density at radius 3 is 2.18 bits per heavy atom. The van der Waals surface area contributed by atoms with Crippen LogP contribution in [0.2, 0.25) is 0 Å². The molecule has 1 aliphatic heterocycles. The molecule has 0 aromatic heterocycles. The normalized spacial score (nSPS) is 16.4. The summed E-state index contributed by atoms with van der Waals surface area (Å²) in [5, 5.41) is 21.7. The maximum absolute atomic E-state index is 13.5. The van der Waals surface area contributed by atoms with Crippen LogP contribution in [0.3, 0.4) is 0 Å². The minimum Gasteiger partial charge on any atom is -0.508 e. The van der Waals surface area contributed by atoms with Gasteiger partial charge in [-0.15, -0.1) is 0 Å². The van der Waals surface area contributed by atoms with E-state index >= 15 is 0 Å². The van der Waals surface area contributed by atoms with Crippen LogP contribution in [-0.2, 0) is 32.0 Å². The maximum Gasteiger partial charge on any atom is 0.408 e. The molecule has 2 aromatic rings. The lowest BCUT2D eigenvalue weighted by atomic mass is 10.0. The Hall–Kier alpha value is -3.60. The highest BCUT2D eigenvalue weighted by molar-refractivity contribution is 9.18. The minimum atomic E-state index is -0.995. The van der Waals surface area contributed by atoms with E-state index in [4.69, 9.17) is 9.57 Å². The Bertz CT molecular complexity index is 1130. The van der Waals surface area contributed by atoms with Crippen molar-refractivity contribution in [2.24, 2.45) is 5.16 Å². The SMILES string of the molecule is CC(C)(C)OC(=O)N[C@@H](Cc1ccccc1)C(=O)N[C@@H](Cc1ccc(O)cc1)C(=O)NCC1CC(Br)=NO1. The number of nitrogens with zero attached hydrogens (tertiary/aromatic N) is 1. The lowest BCUT2D eigenvalue weighted by Gasteiger charge is -2.25. The van der Waals surface area contributed by atoms with E-state index in [2.05, 4.69) is 37.0 Å². The van der Waals surface area contributed by atoms with Crippen molar-refractivity contribution >= 4 is 38.5 Å². The highest BCUT2D eigenvalue weighted by Gasteiger charge is 2.30. The second-order valence-electron chi connectivity index (χ2n) is 9.96. The molecule has 0 radical (unpaired) electrons. The maximum atomic E-state index is 13.5. The number of oxime groups is 1. The molecule has 0 saturated heterocycles. The number of phenols is 1. The van der Waals surface area contributed by atoms with Gasteiger partial charge in [-0.3, -0.25) is 9.59 Å². The van der Waals surface area contributed by atoms with Crippen molar-refractivity contribution in [1.82, 2.24) is 16.0 Å². The summed E-state index contributed by atoms with van der Waals surface area (Å²) in [5.74, 6) is -0.872. The fourth-order valence-corrected chi connectivity index (χ4v) is 4.14. The summed E-state index contributed by atoms with van der Waals surface area (Å²) in [7, 11) is 0. The fraction of sp³-hybridized carbons (Fsp3) is 0.407. The van der Waals surface area contributed by atoms with E-state index in [1.54, 1.807) is 32.9 Å². The van der Waals surface area contributed by atoms with E-state index in [0.717, 1.165) is 11.1 Å². The summed E-state index contributed by atoms with van der Waals surface area (Å²) in [6, 6.07) is 13.6. The lowest BCUT2D eigenvalue weighted by Crippen LogP contribution is -2.56. The van der Waals surface area contributed by atoms with Gasteiger partial charge in [0.05, 0.1) is 6.54 Å². The van der Waals surface area contributed by atoms with Crippen molar-refractivity contribution in [3.8, 4) is 5.75 Å². The first kappa shape index (κ1) is 29.0. The Balaban J connectivity index is 1.75. The molecular formula is C27H33BrN4O6. The molecule has 0 spiro atoms. The number of aromatic hydroxyl groups is 1. The molecule has 0 fully saturated rings. The van der Waals surface area contributed by atoms with Gasteiger partial charge in [-0.2, -0.15) is 0 Å². The standard InChI is InChI=1S/C27H33BrN4O6/c1-27(2,3)37-26(36)31-22(13-17-7-5-4-6-8-17)25(35)30-21(14-18-9-11-19(33)12-10-18)24(34)29-16-20-15-23(28)32-38-20/h4-12,20-22,33H,13-16H2,1-3H3,(H,29,34)(H,30,35)(H,31,36)/t20?,21-,22-/m0/s1. The van der Waals surface area contributed by atoms with Crippen LogP contribution in [0, 0.1) is 0 Å². The van der Waals surface area contributed by atoms with Crippen molar-refractivity contribution in [2.75, 3.05) is 6.54 Å². The fourth-order valence-electron chi connectivity index (χ4n) is 3.70. The molecule has 3 atom stereocenters. The summed E-state index contributed by atoms with van der Waals surface area (Å²) >= 11 is 3.27. The molecule has 0 bridgehead atoms. The first-order chi connectivity index (χ1) is 18.0. The molecule has 0 saturated carbocycles. The largest absolute Gasteiger partial charge is 0.508 e. The predicted molar refractivity (Wildman–Crippen MR) is 146 cm³/mol. The van der Waals surface area contributed by atoms with Gasteiger partial charge in [-0.25, -0.2) is 4.79 Å². The van der Waals surface area contributed by atoms with Crippen LogP contribution in [-0.4, -0.2) is 58.0 Å². The average Bonchev–Trinajstić information content (AvgIpc) is 3.27. The molecule has 1 heterocycles. The van der Waals surface area contributed by atoms with E-state index < -0.39 is 35.6 Å². The Kier molecular flexibility index (Phi) is 10.1. The van der Waals surface area contributed by atoms with Crippen LogP contribution in [0.5, 0.6) is 5.75 Å². The third-order valence-electron chi connectivity index (χ3n) is 5.50. The number of halogens is 1. The number of benzene rings is 2. The third-order valence-corrected chi connectivity index (χ3v) is 5.97. The number of carbonyl (C=O) groups excluding carboxylic acids is 3. The first-order valence-corrected chi connectivity index (χ1v) is 13.1. The minimum absolute atomic E-state index is 0.0900. The van der Waals surface area contributed by atoms with Crippen LogP contribution >= 0.6 is 15.9 Å². The molecule has 3 amide bonds. The highest BCUT2D eigenvalue weighted by atomic mass is 79.9. The predicted octanol–water partition coefficient (Wildman–Crippen LogP) is 3.17. The summed E-state index contributed by atoms with van der Waals surface area (Å²) in [5.41, 5.74) is 0.804. The number of nitrogens with one attached hydrogen (secondary N) is 3. The molecule has 1 aliphatic rings. The van der Waals surface area contributed by atoms with E-state index in [9.17, 15) is 19.5 Å². The lowest BCUT2D eigenvalue weighted by molar-refractivity contribution is -0.130. The average molecular weight is 589 g/mol. The van der Waals surface area contributed by atoms with Gasteiger partial charge in [-0.1, -0.05) is 47.6 Å². The number of amides is 3. The summed E-state index contributed by atoms with van der Waals surface area (Å²) in [4.78, 5) is 44.4. The second-order valence-corrected chi connectivity index (χ2v) is 10.9. The smallest absolute Gasteiger partial charge is 0.408 e. The third kappa shape index (κ3) is 9.70. The van der Waals surface area contributed by atoms with Crippen molar-refractivity contribution in [1.29, 1.82) is 0 Å². The van der Waals surface area contributed by atoms with Crippen LogP contribution in [0.15, 0.2) is 59.8 Å². The zero-order valence-electron chi connectivity index (χ0n) is 21.6. The summed E-state index contributed by atoms with van der Waals surface area (Å²) in [6.45, 7) is 5.39. The van der Waals surface area contributed by atoms with Crippen LogP contribution in [0.4, 0.5) is 4.79 Å². The van der Waals surface area contributed by atoms with E-state index in [1.807, 2.05) is 30.3 Å². The Morgan fingerprint density at radius 2 is 1.61 bits per heavy atom. The number of rotatable bonds is 10. The zero-order valence-corrected chi connectivity index (χ0v) is 23.2. The Morgan fingerprint density at radius 1 is 1.00 bits per heavy atom. The number of hydrogen-bond acceptors (Lipinski definition) is 7. The van der Waals surface area contributed by atoms with Gasteiger partial charge in [0, 0.05) is 19.3 Å². The number of ether oxygens (including phenoxy) is 1. The van der Waals surface area contributed by atoms with Gasteiger partial charge >= 0.3 is 6.09 Å². The highest BCUT2D eigenvalue weighted by Crippen LogP contribution is 2.15. The van der Waals surface area contributed by atoms with Crippen LogP contribution < -0.4 is 16.0 Å². The van der Waals surface area contributed by atoms with Crippen LogP contribution in [0.1, 0.15) is 38.3 Å². The molecule has 2 aromatic carbocycles. The molecule has 0 aliphatic carbocycles. The summed E-state index contributed by atoms with van der Waals surface area (Å²) in [6.07, 6.45) is -0.182. The second kappa shape index (κ2) is 13.3. The van der Waals surface area contributed by atoms with Gasteiger partial charge in [0.15, 0.2) is 6.10 Å². The quantitative estimate of drug-likeness (QED) is 0.336. The van der Waals surface area contributed by atoms with E-state index in [1.165, 1.54) is 12.1 Å². The van der Waals surface area contributed by atoms with Gasteiger partial charge in [0.2, 0.25) is 11.8 Å². The first-order valence-electron chi connectivity index (χ1n) is 12.3. The van der Waals surface area contributed by atoms with Gasteiger partial charge in [0.1, 0.15) is 28.1 Å². The van der Waals surface area contributed by atoms with Crippen molar-refractivity contribution in [3.05, 3.63) is 65.7 Å². The van der Waals surface area contributed by atoms with E-state index in [-0.39, 0.29) is 31.2 Å². The molecule has 3 rings (SSSR count). The Labute approximate surface area is 230 Å². The molecule has 10 nitrogen and oxygen atoms in total. The molecule has 1 unspecified atom stereocenters. The number of carbonyl (C=O) groups is 3. The molecule has 38 heavy (non-hydrogen) atoms. The topological polar surface area (TPSA) is 138 Å². The van der Waals surface area contributed by atoms with Gasteiger partial charge in [0.25, 0.3) is 0 Å². The number of phenolic OH excluding ortho intramolecular Hbond substituents is 1. The summed E-state index contributed by atoms with van der Waals surface area (Å²) < 4.78 is 6.01. The molecular weight excluding hydrogens is 556 g/mol. The molecule has 11 heteroatoms. The van der Waals surface area contributed by atoms with Crippen molar-refractivity contribution < 1.29 is 29.1 Å². The van der Waals surface area contributed by atoms with Crippen molar-refractivity contribution in [2.45, 2.75) is 63.8 Å². The molecule has 204 valence electrons. The van der Waals surface area contributed by atoms with E-state index in [0.29, 0.717) is 11.0 Å². The van der Waals surface area contributed by atoms with Gasteiger partial charge in [-0.05, 0) is 60.0 Å². The van der Waals surface area contributed by atoms with Crippen molar-refractivity contribution in [3.63, 3.8) is 0 Å².